The molecule has 1 unspecified atom stereocenters. The Morgan fingerprint density at radius 2 is 1.88 bits per heavy atom. The minimum atomic E-state index is -0.871. The summed E-state index contributed by atoms with van der Waals surface area (Å²) in [4.78, 5) is 4.10. The van der Waals surface area contributed by atoms with E-state index in [0.29, 0.717) is 25.2 Å². The standard InChI is InChI=1S/C26H24FN7/c1-31(2)25-15-32(14-22(25)27)21-7-8-23-20(9-21)13-33-12-19(18-5-3-17(11-28)4-6-18)10-24(33)26-30-29-16-34(23)26/h3-10,12,16,22,25H,13-15H2,1-2H3/t22-,25?/m0/s1. The molecule has 4 heterocycles. The van der Waals surface area contributed by atoms with E-state index in [0.717, 1.165) is 39.6 Å². The van der Waals surface area contributed by atoms with Crippen molar-refractivity contribution in [2.45, 2.75) is 18.8 Å². The number of rotatable bonds is 3. The van der Waals surface area contributed by atoms with E-state index >= 15 is 0 Å². The molecule has 4 aromatic rings. The smallest absolute Gasteiger partial charge is 0.185 e. The lowest BCUT2D eigenvalue weighted by Gasteiger charge is -2.22. The van der Waals surface area contributed by atoms with E-state index in [1.54, 1.807) is 6.33 Å². The molecule has 2 aromatic heterocycles. The summed E-state index contributed by atoms with van der Waals surface area (Å²) in [7, 11) is 3.87. The van der Waals surface area contributed by atoms with Gasteiger partial charge in [-0.2, -0.15) is 5.26 Å². The first-order valence-electron chi connectivity index (χ1n) is 11.3. The lowest BCUT2D eigenvalue weighted by Crippen LogP contribution is -2.36. The van der Waals surface area contributed by atoms with Gasteiger partial charge in [-0.3, -0.25) is 4.57 Å². The molecule has 2 aliphatic rings. The van der Waals surface area contributed by atoms with E-state index in [2.05, 4.69) is 56.2 Å². The Morgan fingerprint density at radius 1 is 1.06 bits per heavy atom. The monoisotopic (exact) mass is 453 g/mol. The lowest BCUT2D eigenvalue weighted by molar-refractivity contribution is 0.202. The second-order valence-corrected chi connectivity index (χ2v) is 9.22. The lowest BCUT2D eigenvalue weighted by atomic mass is 10.1. The molecule has 8 heteroatoms. The predicted molar refractivity (Wildman–Crippen MR) is 129 cm³/mol. The van der Waals surface area contributed by atoms with E-state index in [9.17, 15) is 4.39 Å². The number of nitrogens with zero attached hydrogens (tertiary/aromatic N) is 7. The average Bonchev–Trinajstić information content (AvgIpc) is 3.56. The molecule has 2 atom stereocenters. The van der Waals surface area contributed by atoms with Crippen LogP contribution < -0.4 is 4.90 Å². The molecule has 2 aromatic carbocycles. The normalized spacial score (nSPS) is 18.9. The number of anilines is 1. The SMILES string of the molecule is CN(C)C1CN(c2ccc3c(c2)Cn2cc(-c4ccc(C#N)cc4)cc2-c2nncn2-3)C[C@@H]1F. The third-order valence-corrected chi connectivity index (χ3v) is 6.93. The van der Waals surface area contributed by atoms with Crippen molar-refractivity contribution < 1.29 is 4.39 Å². The number of aromatic nitrogens is 4. The second kappa shape index (κ2) is 7.82. The Kier molecular flexibility index (Phi) is 4.74. The topological polar surface area (TPSA) is 65.9 Å². The molecule has 0 bridgehead atoms. The Bertz CT molecular complexity index is 1410. The van der Waals surface area contributed by atoms with Gasteiger partial charge < -0.3 is 14.4 Å². The average molecular weight is 454 g/mol. The molecule has 6 rings (SSSR count). The van der Waals surface area contributed by atoms with Gasteiger partial charge in [0.2, 0.25) is 0 Å². The maximum atomic E-state index is 14.6. The van der Waals surface area contributed by atoms with E-state index in [1.807, 2.05) is 47.8 Å². The molecule has 0 amide bonds. The molecular weight excluding hydrogens is 429 g/mol. The maximum Gasteiger partial charge on any atom is 0.185 e. The van der Waals surface area contributed by atoms with Crippen molar-refractivity contribution in [1.29, 1.82) is 5.26 Å². The van der Waals surface area contributed by atoms with Crippen LogP contribution in [0.4, 0.5) is 10.1 Å². The van der Waals surface area contributed by atoms with Gasteiger partial charge in [0.1, 0.15) is 12.5 Å². The summed E-state index contributed by atoms with van der Waals surface area (Å²) in [6.07, 6.45) is 2.99. The van der Waals surface area contributed by atoms with Crippen LogP contribution in [0.5, 0.6) is 0 Å². The largest absolute Gasteiger partial charge is 0.367 e. The van der Waals surface area contributed by atoms with Gasteiger partial charge in [-0.1, -0.05) is 12.1 Å². The number of fused-ring (bicyclic) bond motifs is 5. The summed E-state index contributed by atoms with van der Waals surface area (Å²) in [6, 6.07) is 18.1. The Morgan fingerprint density at radius 3 is 2.62 bits per heavy atom. The summed E-state index contributed by atoms with van der Waals surface area (Å²) in [5.41, 5.74) is 6.91. The van der Waals surface area contributed by atoms with Gasteiger partial charge in [0.05, 0.1) is 35.6 Å². The zero-order valence-electron chi connectivity index (χ0n) is 19.1. The first-order chi connectivity index (χ1) is 16.5. The van der Waals surface area contributed by atoms with Crippen LogP contribution >= 0.6 is 0 Å². The van der Waals surface area contributed by atoms with E-state index in [1.165, 1.54) is 0 Å². The fourth-order valence-electron chi connectivity index (χ4n) is 5.07. The van der Waals surface area contributed by atoms with Gasteiger partial charge in [-0.05, 0) is 61.6 Å². The predicted octanol–water partition coefficient (Wildman–Crippen LogP) is 3.72. The van der Waals surface area contributed by atoms with Crippen LogP contribution in [-0.4, -0.2) is 63.6 Å². The molecule has 2 aliphatic heterocycles. The maximum absolute atomic E-state index is 14.6. The fourth-order valence-corrected chi connectivity index (χ4v) is 5.07. The second-order valence-electron chi connectivity index (χ2n) is 9.22. The molecule has 1 saturated heterocycles. The zero-order chi connectivity index (χ0) is 23.4. The zero-order valence-corrected chi connectivity index (χ0v) is 19.1. The van der Waals surface area contributed by atoms with Crippen LogP contribution in [0, 0.1) is 11.3 Å². The number of alkyl halides is 1. The van der Waals surface area contributed by atoms with Crippen LogP contribution in [0.3, 0.4) is 0 Å². The van der Waals surface area contributed by atoms with Crippen LogP contribution in [-0.2, 0) is 6.54 Å². The fraction of sp³-hybridized carbons (Fsp3) is 0.269. The molecular formula is C26H24FN7. The Labute approximate surface area is 197 Å². The van der Waals surface area contributed by atoms with Crippen LogP contribution in [0.1, 0.15) is 11.1 Å². The molecule has 7 nitrogen and oxygen atoms in total. The number of benzene rings is 2. The van der Waals surface area contributed by atoms with Crippen molar-refractivity contribution in [2.75, 3.05) is 32.1 Å². The quantitative estimate of drug-likeness (QED) is 0.417. The van der Waals surface area contributed by atoms with Crippen molar-refractivity contribution >= 4 is 5.69 Å². The third kappa shape index (κ3) is 3.28. The van der Waals surface area contributed by atoms with Gasteiger partial charge >= 0.3 is 0 Å². The summed E-state index contributed by atoms with van der Waals surface area (Å²) >= 11 is 0. The number of hydrogen-bond donors (Lipinski definition) is 0. The summed E-state index contributed by atoms with van der Waals surface area (Å²) in [5, 5.41) is 17.7. The van der Waals surface area contributed by atoms with Crippen molar-refractivity contribution in [3.63, 3.8) is 0 Å². The van der Waals surface area contributed by atoms with Crippen molar-refractivity contribution in [1.82, 2.24) is 24.2 Å². The Hall–Kier alpha value is -3.96. The molecule has 0 aliphatic carbocycles. The first-order valence-corrected chi connectivity index (χ1v) is 11.3. The van der Waals surface area contributed by atoms with E-state index in [4.69, 9.17) is 5.26 Å². The number of likely N-dealkylation sites (N-methyl/N-ethyl adjacent to an activating group) is 1. The molecule has 34 heavy (non-hydrogen) atoms. The van der Waals surface area contributed by atoms with Crippen molar-refractivity contribution in [2.24, 2.45) is 0 Å². The first kappa shape index (κ1) is 20.6. The van der Waals surface area contributed by atoms with Crippen LogP contribution in [0.25, 0.3) is 28.3 Å². The van der Waals surface area contributed by atoms with Crippen molar-refractivity contribution in [3.8, 4) is 34.4 Å². The van der Waals surface area contributed by atoms with Crippen LogP contribution in [0.15, 0.2) is 61.1 Å². The highest BCUT2D eigenvalue weighted by molar-refractivity contribution is 5.72. The molecule has 0 saturated carbocycles. The van der Waals surface area contributed by atoms with Gasteiger partial charge in [0.25, 0.3) is 0 Å². The summed E-state index contributed by atoms with van der Waals surface area (Å²) in [6.45, 7) is 1.74. The molecule has 0 N–H and O–H groups in total. The van der Waals surface area contributed by atoms with Gasteiger partial charge in [0, 0.05) is 30.5 Å². The molecule has 1 fully saturated rings. The van der Waals surface area contributed by atoms with Gasteiger partial charge in [-0.15, -0.1) is 10.2 Å². The number of hydrogen-bond acceptors (Lipinski definition) is 5. The molecule has 0 spiro atoms. The molecule has 170 valence electrons. The number of nitriles is 1. The third-order valence-electron chi connectivity index (χ3n) is 6.93. The highest BCUT2D eigenvalue weighted by atomic mass is 19.1. The van der Waals surface area contributed by atoms with Gasteiger partial charge in [0.15, 0.2) is 5.82 Å². The van der Waals surface area contributed by atoms with E-state index in [-0.39, 0.29) is 6.04 Å². The highest BCUT2D eigenvalue weighted by Crippen LogP contribution is 2.35. The number of halogens is 1. The summed E-state index contributed by atoms with van der Waals surface area (Å²) in [5.74, 6) is 0.782. The van der Waals surface area contributed by atoms with E-state index < -0.39 is 6.17 Å². The minimum Gasteiger partial charge on any atom is -0.367 e. The molecule has 0 radical (unpaired) electrons. The minimum absolute atomic E-state index is 0.103. The highest BCUT2D eigenvalue weighted by Gasteiger charge is 2.34. The summed E-state index contributed by atoms with van der Waals surface area (Å²) < 4.78 is 18.8. The van der Waals surface area contributed by atoms with Crippen LogP contribution in [0.2, 0.25) is 0 Å². The van der Waals surface area contributed by atoms with Gasteiger partial charge in [-0.25, -0.2) is 4.39 Å². The Balaban J connectivity index is 1.40. The van der Waals surface area contributed by atoms with Crippen molar-refractivity contribution in [3.05, 3.63) is 72.2 Å².